The van der Waals surface area contributed by atoms with Crippen LogP contribution in [0.25, 0.3) is 0 Å². The second-order valence-corrected chi connectivity index (χ2v) is 6.73. The van der Waals surface area contributed by atoms with E-state index in [-0.39, 0.29) is 6.73 Å². The van der Waals surface area contributed by atoms with Crippen molar-refractivity contribution in [2.75, 3.05) is 6.73 Å². The minimum Gasteiger partial charge on any atom is -0.486 e. The maximum absolute atomic E-state index is 14.1. The Morgan fingerprint density at radius 1 is 0.750 bits per heavy atom. The minimum absolute atomic E-state index is 0.0597. The lowest BCUT2D eigenvalue weighted by Crippen LogP contribution is -2.56. The third-order valence-corrected chi connectivity index (χ3v) is 5.21. The maximum atomic E-state index is 14.1. The van der Waals surface area contributed by atoms with Crippen LogP contribution in [0.3, 0.4) is 0 Å². The normalized spacial score (nSPS) is 17.5. The number of ether oxygens (including phenoxy) is 1. The number of rotatable bonds is 5. The molecule has 3 aromatic carbocycles. The van der Waals surface area contributed by atoms with Crippen LogP contribution in [0.1, 0.15) is 16.7 Å². The van der Waals surface area contributed by atoms with Crippen LogP contribution < -0.4 is 0 Å². The molecule has 0 saturated heterocycles. The predicted molar refractivity (Wildman–Crippen MR) is 106 cm³/mol. The molecule has 28 heavy (non-hydrogen) atoms. The Labute approximate surface area is 163 Å². The molecule has 0 bridgehead atoms. The highest BCUT2D eigenvalue weighted by Crippen LogP contribution is 2.44. The lowest BCUT2D eigenvalue weighted by atomic mass is 9.75. The molecule has 1 heterocycles. The molecule has 0 unspecified atom stereocenters. The molecule has 4 heteroatoms. The zero-order chi connectivity index (χ0) is 19.4. The van der Waals surface area contributed by atoms with Crippen LogP contribution in [0.15, 0.2) is 103 Å². The average molecular weight is 377 g/mol. The SMILES string of the molecule is FC(F)[C@@H]1C=COCN1C(c1ccccc1)(c1ccccc1)c1ccccc1. The zero-order valence-electron chi connectivity index (χ0n) is 15.3. The molecule has 0 fully saturated rings. The molecule has 1 aliphatic rings. The van der Waals surface area contributed by atoms with Crippen molar-refractivity contribution in [3.63, 3.8) is 0 Å². The van der Waals surface area contributed by atoms with Crippen LogP contribution >= 0.6 is 0 Å². The second kappa shape index (κ2) is 7.95. The molecule has 1 atom stereocenters. The van der Waals surface area contributed by atoms with E-state index in [9.17, 15) is 8.78 Å². The van der Waals surface area contributed by atoms with Gasteiger partial charge < -0.3 is 4.74 Å². The largest absolute Gasteiger partial charge is 0.486 e. The van der Waals surface area contributed by atoms with E-state index in [2.05, 4.69) is 0 Å². The Bertz CT molecular complexity index is 816. The number of halogens is 2. The van der Waals surface area contributed by atoms with Gasteiger partial charge in [-0.3, -0.25) is 0 Å². The molecule has 1 aliphatic heterocycles. The van der Waals surface area contributed by atoms with Gasteiger partial charge in [0.05, 0.1) is 12.3 Å². The van der Waals surface area contributed by atoms with E-state index < -0.39 is 18.0 Å². The molecule has 142 valence electrons. The second-order valence-electron chi connectivity index (χ2n) is 6.73. The number of hydrogen-bond acceptors (Lipinski definition) is 2. The zero-order valence-corrected chi connectivity index (χ0v) is 15.3. The lowest BCUT2D eigenvalue weighted by molar-refractivity contribution is -0.0579. The van der Waals surface area contributed by atoms with Crippen LogP contribution in [-0.2, 0) is 10.3 Å². The van der Waals surface area contributed by atoms with Crippen molar-refractivity contribution in [3.05, 3.63) is 120 Å². The molecule has 2 nitrogen and oxygen atoms in total. The monoisotopic (exact) mass is 377 g/mol. The van der Waals surface area contributed by atoms with Gasteiger partial charge in [-0.1, -0.05) is 91.0 Å². The van der Waals surface area contributed by atoms with Gasteiger partial charge in [0, 0.05) is 0 Å². The molecule has 0 saturated carbocycles. The summed E-state index contributed by atoms with van der Waals surface area (Å²) in [5.74, 6) is 0. The first kappa shape index (κ1) is 18.4. The highest BCUT2D eigenvalue weighted by molar-refractivity contribution is 5.50. The van der Waals surface area contributed by atoms with E-state index >= 15 is 0 Å². The summed E-state index contributed by atoms with van der Waals surface area (Å²) in [5.41, 5.74) is 1.82. The van der Waals surface area contributed by atoms with Gasteiger partial charge in [-0.2, -0.15) is 0 Å². The summed E-state index contributed by atoms with van der Waals surface area (Å²) in [7, 11) is 0. The molecule has 0 aromatic heterocycles. The summed E-state index contributed by atoms with van der Waals surface area (Å²) in [4.78, 5) is 1.75. The first-order chi connectivity index (χ1) is 13.7. The molecule has 0 radical (unpaired) electrons. The minimum atomic E-state index is -2.55. The van der Waals surface area contributed by atoms with Gasteiger partial charge in [0.2, 0.25) is 0 Å². The quantitative estimate of drug-likeness (QED) is 0.551. The van der Waals surface area contributed by atoms with E-state index in [1.54, 1.807) is 4.90 Å². The molecule has 0 N–H and O–H groups in total. The van der Waals surface area contributed by atoms with Crippen LogP contribution in [0.4, 0.5) is 8.78 Å². The van der Waals surface area contributed by atoms with Crippen molar-refractivity contribution in [3.8, 4) is 0 Å². The van der Waals surface area contributed by atoms with Crippen LogP contribution in [0.5, 0.6) is 0 Å². The van der Waals surface area contributed by atoms with E-state index in [1.165, 1.54) is 12.3 Å². The fraction of sp³-hybridized carbons (Fsp3) is 0.167. The molecule has 0 amide bonds. The Morgan fingerprint density at radius 2 is 1.18 bits per heavy atom. The summed E-state index contributed by atoms with van der Waals surface area (Å²) in [5, 5.41) is 0. The Kier molecular flexibility index (Phi) is 5.22. The van der Waals surface area contributed by atoms with Gasteiger partial charge in [0.25, 0.3) is 6.43 Å². The van der Waals surface area contributed by atoms with Crippen molar-refractivity contribution in [2.45, 2.75) is 18.0 Å². The summed E-state index contributed by atoms with van der Waals surface area (Å²) < 4.78 is 33.7. The molecule has 3 aromatic rings. The predicted octanol–water partition coefficient (Wildman–Crippen LogP) is 5.42. The molecule has 0 spiro atoms. The van der Waals surface area contributed by atoms with Gasteiger partial charge in [-0.15, -0.1) is 0 Å². The van der Waals surface area contributed by atoms with Crippen molar-refractivity contribution in [1.29, 1.82) is 0 Å². The standard InChI is InChI=1S/C24H21F2NO/c25-23(26)22-16-17-28-18-27(22)24(19-10-4-1-5-11-19,20-12-6-2-7-13-20)21-14-8-3-9-15-21/h1-17,22-23H,18H2/t22-/m0/s1. The molecule has 0 aliphatic carbocycles. The van der Waals surface area contributed by atoms with Gasteiger partial charge >= 0.3 is 0 Å². The summed E-state index contributed by atoms with van der Waals surface area (Å²) >= 11 is 0. The highest BCUT2D eigenvalue weighted by atomic mass is 19.3. The van der Waals surface area contributed by atoms with Gasteiger partial charge in [-0.25, -0.2) is 13.7 Å². The maximum Gasteiger partial charge on any atom is 0.257 e. The van der Waals surface area contributed by atoms with Crippen LogP contribution in [-0.4, -0.2) is 24.1 Å². The van der Waals surface area contributed by atoms with Crippen molar-refractivity contribution >= 4 is 0 Å². The molecular weight excluding hydrogens is 356 g/mol. The fourth-order valence-electron chi connectivity index (χ4n) is 4.03. The van der Waals surface area contributed by atoms with Crippen LogP contribution in [0, 0.1) is 0 Å². The molecular formula is C24H21F2NO. The van der Waals surface area contributed by atoms with E-state index in [0.717, 1.165) is 16.7 Å². The third kappa shape index (κ3) is 3.10. The summed E-state index contributed by atoms with van der Waals surface area (Å²) in [6.07, 6.45) is 0.271. The van der Waals surface area contributed by atoms with Crippen molar-refractivity contribution in [1.82, 2.24) is 4.90 Å². The molecule has 4 rings (SSSR count). The highest BCUT2D eigenvalue weighted by Gasteiger charge is 2.47. The van der Waals surface area contributed by atoms with E-state index in [1.807, 2.05) is 91.0 Å². The van der Waals surface area contributed by atoms with Gasteiger partial charge in [0.1, 0.15) is 12.3 Å². The Balaban J connectivity index is 2.06. The summed E-state index contributed by atoms with van der Waals surface area (Å²) in [6.45, 7) is 0.0597. The van der Waals surface area contributed by atoms with Gasteiger partial charge in [-0.05, 0) is 22.8 Å². The van der Waals surface area contributed by atoms with Crippen LogP contribution in [0.2, 0.25) is 0 Å². The number of hydrogen-bond donors (Lipinski definition) is 0. The topological polar surface area (TPSA) is 12.5 Å². The van der Waals surface area contributed by atoms with Crippen molar-refractivity contribution in [2.24, 2.45) is 0 Å². The van der Waals surface area contributed by atoms with Gasteiger partial charge in [0.15, 0.2) is 0 Å². The summed E-state index contributed by atoms with van der Waals surface area (Å²) in [6, 6.07) is 28.3. The smallest absolute Gasteiger partial charge is 0.257 e. The fourth-order valence-corrected chi connectivity index (χ4v) is 4.03. The number of alkyl halides is 2. The third-order valence-electron chi connectivity index (χ3n) is 5.21. The van der Waals surface area contributed by atoms with Crippen molar-refractivity contribution < 1.29 is 13.5 Å². The Hall–Kier alpha value is -2.98. The number of nitrogens with zero attached hydrogens (tertiary/aromatic N) is 1. The van der Waals surface area contributed by atoms with E-state index in [4.69, 9.17) is 4.74 Å². The first-order valence-corrected chi connectivity index (χ1v) is 9.24. The number of benzene rings is 3. The average Bonchev–Trinajstić information content (AvgIpc) is 2.77. The van der Waals surface area contributed by atoms with E-state index in [0.29, 0.717) is 0 Å². The Morgan fingerprint density at radius 3 is 1.57 bits per heavy atom. The first-order valence-electron chi connectivity index (χ1n) is 9.24. The lowest BCUT2D eigenvalue weighted by Gasteiger charge is -2.48.